The summed E-state index contributed by atoms with van der Waals surface area (Å²) in [4.78, 5) is 16.4. The minimum atomic E-state index is -0.982. The zero-order valence-corrected chi connectivity index (χ0v) is 22.5. The topological polar surface area (TPSA) is 71.5 Å². The molecule has 2 heterocycles. The van der Waals surface area contributed by atoms with E-state index in [1.165, 1.54) is 6.07 Å². The van der Waals surface area contributed by atoms with Crippen molar-refractivity contribution < 1.29 is 28.5 Å². The van der Waals surface area contributed by atoms with E-state index in [4.69, 9.17) is 14.2 Å². The van der Waals surface area contributed by atoms with Crippen molar-refractivity contribution in [2.45, 2.75) is 63.5 Å². The number of ether oxygens (including phenoxy) is 3. The molecule has 2 aliphatic rings. The third kappa shape index (κ3) is 8.08. The molecule has 1 atom stereocenters. The summed E-state index contributed by atoms with van der Waals surface area (Å²) in [6.07, 6.45) is 6.65. The fourth-order valence-electron chi connectivity index (χ4n) is 5.21. The van der Waals surface area contributed by atoms with Crippen LogP contribution in [0.15, 0.2) is 42.5 Å². The summed E-state index contributed by atoms with van der Waals surface area (Å²) in [7, 11) is 1.64. The number of aliphatic hydroxyl groups is 1. The Labute approximate surface area is 225 Å². The van der Waals surface area contributed by atoms with Crippen LogP contribution < -0.4 is 14.2 Å². The van der Waals surface area contributed by atoms with Crippen LogP contribution in [0.25, 0.3) is 0 Å². The summed E-state index contributed by atoms with van der Waals surface area (Å²) in [5.41, 5.74) is 0.127. The van der Waals surface area contributed by atoms with Crippen molar-refractivity contribution in [1.29, 1.82) is 0 Å². The Morgan fingerprint density at radius 2 is 1.82 bits per heavy atom. The van der Waals surface area contributed by atoms with E-state index in [0.717, 1.165) is 63.8 Å². The van der Waals surface area contributed by atoms with Crippen LogP contribution in [0.2, 0.25) is 0 Å². The molecule has 2 saturated heterocycles. The summed E-state index contributed by atoms with van der Waals surface area (Å²) in [6.45, 7) is 4.49. The SMILES string of the molecule is COc1cc(CN2CCC[C@@](O)(COc3ccccc3F)CC2)ccc1OCCCN1CCCCCC1=O. The van der Waals surface area contributed by atoms with Crippen molar-refractivity contribution >= 4 is 5.91 Å². The predicted octanol–water partition coefficient (Wildman–Crippen LogP) is 4.80. The molecule has 8 heteroatoms. The van der Waals surface area contributed by atoms with E-state index in [1.807, 2.05) is 17.0 Å². The lowest BCUT2D eigenvalue weighted by molar-refractivity contribution is -0.130. The van der Waals surface area contributed by atoms with Crippen LogP contribution in [0.5, 0.6) is 17.2 Å². The molecule has 2 aromatic carbocycles. The van der Waals surface area contributed by atoms with Gasteiger partial charge in [0.15, 0.2) is 23.1 Å². The van der Waals surface area contributed by atoms with E-state index < -0.39 is 11.4 Å². The predicted molar refractivity (Wildman–Crippen MR) is 144 cm³/mol. The van der Waals surface area contributed by atoms with Gasteiger partial charge in [0.2, 0.25) is 5.91 Å². The van der Waals surface area contributed by atoms with Gasteiger partial charge in [-0.3, -0.25) is 9.69 Å². The molecule has 0 aromatic heterocycles. The molecule has 0 radical (unpaired) electrons. The number of para-hydroxylation sites is 1. The minimum absolute atomic E-state index is 0.0769. The zero-order chi connectivity index (χ0) is 26.8. The van der Waals surface area contributed by atoms with Crippen molar-refractivity contribution in [2.75, 3.05) is 46.5 Å². The molecular formula is C30H41FN2O5. The van der Waals surface area contributed by atoms with Gasteiger partial charge in [-0.1, -0.05) is 24.6 Å². The largest absolute Gasteiger partial charge is 0.493 e. The number of amides is 1. The third-order valence-corrected chi connectivity index (χ3v) is 7.48. The Hall–Kier alpha value is -2.84. The van der Waals surface area contributed by atoms with Gasteiger partial charge < -0.3 is 24.2 Å². The number of hydrogen-bond acceptors (Lipinski definition) is 6. The molecule has 208 valence electrons. The van der Waals surface area contributed by atoms with E-state index in [1.54, 1.807) is 25.3 Å². The number of halogens is 1. The van der Waals surface area contributed by atoms with Gasteiger partial charge in [0, 0.05) is 32.6 Å². The standard InChI is InChI=1S/C30H41FN2O5/c1-36-28-21-24(12-13-27(28)37-20-8-18-33-17-6-2-3-11-29(33)34)22-32-16-7-14-30(35,15-19-32)23-38-26-10-5-4-9-25(26)31/h4-5,9-10,12-13,21,35H,2-3,6-8,11,14-20,22-23H2,1H3/t30-/m0/s1. The van der Waals surface area contributed by atoms with Crippen LogP contribution >= 0.6 is 0 Å². The number of methoxy groups -OCH3 is 1. The molecule has 4 rings (SSSR count). The van der Waals surface area contributed by atoms with Crippen LogP contribution in [-0.4, -0.2) is 72.9 Å². The monoisotopic (exact) mass is 528 g/mol. The van der Waals surface area contributed by atoms with Gasteiger partial charge in [0.25, 0.3) is 0 Å². The highest BCUT2D eigenvalue weighted by molar-refractivity contribution is 5.76. The highest BCUT2D eigenvalue weighted by atomic mass is 19.1. The van der Waals surface area contributed by atoms with E-state index in [9.17, 15) is 14.3 Å². The second kappa shape index (κ2) is 13.8. The van der Waals surface area contributed by atoms with Crippen LogP contribution in [0.1, 0.15) is 56.9 Å². The molecule has 0 unspecified atom stereocenters. The number of likely N-dealkylation sites (tertiary alicyclic amines) is 2. The lowest BCUT2D eigenvalue weighted by Crippen LogP contribution is -2.37. The number of nitrogens with zero attached hydrogens (tertiary/aromatic N) is 2. The highest BCUT2D eigenvalue weighted by Crippen LogP contribution is 2.30. The normalized spacial score (nSPS) is 21.0. The van der Waals surface area contributed by atoms with Crippen LogP contribution in [0, 0.1) is 5.82 Å². The molecule has 7 nitrogen and oxygen atoms in total. The maximum atomic E-state index is 13.9. The Morgan fingerprint density at radius 1 is 0.947 bits per heavy atom. The van der Waals surface area contributed by atoms with Crippen molar-refractivity contribution in [3.05, 3.63) is 53.8 Å². The zero-order valence-electron chi connectivity index (χ0n) is 22.5. The molecule has 0 bridgehead atoms. The molecular weight excluding hydrogens is 487 g/mol. The summed E-state index contributed by atoms with van der Waals surface area (Å²) >= 11 is 0. The smallest absolute Gasteiger partial charge is 0.222 e. The number of benzene rings is 2. The number of carbonyl (C=O) groups excluding carboxylic acids is 1. The summed E-state index contributed by atoms with van der Waals surface area (Å²) in [6, 6.07) is 12.3. The van der Waals surface area contributed by atoms with Gasteiger partial charge in [0.05, 0.1) is 19.3 Å². The molecule has 2 fully saturated rings. The highest BCUT2D eigenvalue weighted by Gasteiger charge is 2.31. The molecule has 2 aliphatic heterocycles. The minimum Gasteiger partial charge on any atom is -0.493 e. The van der Waals surface area contributed by atoms with E-state index in [-0.39, 0.29) is 18.3 Å². The van der Waals surface area contributed by atoms with E-state index in [0.29, 0.717) is 43.9 Å². The summed E-state index contributed by atoms with van der Waals surface area (Å²) in [5.74, 6) is 1.41. The lowest BCUT2D eigenvalue weighted by atomic mass is 9.96. The van der Waals surface area contributed by atoms with Gasteiger partial charge in [-0.15, -0.1) is 0 Å². The van der Waals surface area contributed by atoms with Crippen molar-refractivity contribution in [3.63, 3.8) is 0 Å². The van der Waals surface area contributed by atoms with Crippen LogP contribution in [0.3, 0.4) is 0 Å². The summed E-state index contributed by atoms with van der Waals surface area (Å²) in [5, 5.41) is 11.1. The van der Waals surface area contributed by atoms with Gasteiger partial charge in [0.1, 0.15) is 6.61 Å². The second-order valence-electron chi connectivity index (χ2n) is 10.5. The fourth-order valence-corrected chi connectivity index (χ4v) is 5.21. The van der Waals surface area contributed by atoms with E-state index in [2.05, 4.69) is 11.0 Å². The lowest BCUT2D eigenvalue weighted by Gasteiger charge is -2.27. The molecule has 2 aromatic rings. The first-order valence-electron chi connectivity index (χ1n) is 13.9. The van der Waals surface area contributed by atoms with Crippen LogP contribution in [0.4, 0.5) is 4.39 Å². The molecule has 1 N–H and O–H groups in total. The maximum absolute atomic E-state index is 13.9. The van der Waals surface area contributed by atoms with Crippen molar-refractivity contribution in [3.8, 4) is 17.2 Å². The third-order valence-electron chi connectivity index (χ3n) is 7.48. The Balaban J connectivity index is 1.24. The molecule has 1 amide bonds. The van der Waals surface area contributed by atoms with E-state index >= 15 is 0 Å². The first kappa shape index (κ1) is 28.2. The Morgan fingerprint density at radius 3 is 2.66 bits per heavy atom. The molecule has 38 heavy (non-hydrogen) atoms. The number of carbonyl (C=O) groups is 1. The first-order chi connectivity index (χ1) is 18.5. The van der Waals surface area contributed by atoms with Crippen molar-refractivity contribution in [2.24, 2.45) is 0 Å². The number of hydrogen-bond donors (Lipinski definition) is 1. The average Bonchev–Trinajstić information content (AvgIpc) is 3.24. The second-order valence-corrected chi connectivity index (χ2v) is 10.5. The Kier molecular flexibility index (Phi) is 10.2. The van der Waals surface area contributed by atoms with Crippen LogP contribution in [-0.2, 0) is 11.3 Å². The fraction of sp³-hybridized carbons (Fsp3) is 0.567. The molecule has 0 aliphatic carbocycles. The van der Waals surface area contributed by atoms with Gasteiger partial charge >= 0.3 is 0 Å². The van der Waals surface area contributed by atoms with Crippen molar-refractivity contribution in [1.82, 2.24) is 9.80 Å². The average molecular weight is 529 g/mol. The maximum Gasteiger partial charge on any atom is 0.222 e. The van der Waals surface area contributed by atoms with Gasteiger partial charge in [-0.25, -0.2) is 4.39 Å². The quantitative estimate of drug-likeness (QED) is 0.423. The molecule has 0 spiro atoms. The van der Waals surface area contributed by atoms with Gasteiger partial charge in [-0.2, -0.15) is 0 Å². The van der Waals surface area contributed by atoms with Gasteiger partial charge in [-0.05, 0) is 74.9 Å². The molecule has 0 saturated carbocycles. The summed E-state index contributed by atoms with van der Waals surface area (Å²) < 4.78 is 31.1. The first-order valence-corrected chi connectivity index (χ1v) is 13.9. The number of rotatable bonds is 11. The Bertz CT molecular complexity index is 1050.